The summed E-state index contributed by atoms with van der Waals surface area (Å²) in [6, 6.07) is 5.18. The number of nitrogens with zero attached hydrogens (tertiary/aromatic N) is 7. The molecular weight excluding hydrogens is 490 g/mol. The first kappa shape index (κ1) is 24.9. The van der Waals surface area contributed by atoms with Gasteiger partial charge in [-0.3, -0.25) is 4.68 Å². The number of fused-ring (bicyclic) bond motifs is 1. The van der Waals surface area contributed by atoms with E-state index in [0.717, 1.165) is 15.7 Å². The zero-order valence-corrected chi connectivity index (χ0v) is 20.3. The number of pyridine rings is 2. The molecular formula is C24H27F4N9. The fraction of sp³-hybridized carbons (Fsp3) is 0.417. The van der Waals surface area contributed by atoms with E-state index in [4.69, 9.17) is 5.73 Å². The summed E-state index contributed by atoms with van der Waals surface area (Å²) in [5.74, 6) is 0.983. The van der Waals surface area contributed by atoms with Crippen molar-refractivity contribution in [3.05, 3.63) is 43.0 Å². The highest BCUT2D eigenvalue weighted by atomic mass is 19.4. The lowest BCUT2D eigenvalue weighted by atomic mass is 10.0. The topological polar surface area (TPSA) is 103 Å². The van der Waals surface area contributed by atoms with Crippen molar-refractivity contribution in [1.82, 2.24) is 29.5 Å². The van der Waals surface area contributed by atoms with Crippen molar-refractivity contribution >= 4 is 28.4 Å². The number of hydrogen-bond donors (Lipinski definition) is 2. The van der Waals surface area contributed by atoms with Crippen LogP contribution in [0.4, 0.5) is 34.9 Å². The van der Waals surface area contributed by atoms with Gasteiger partial charge in [-0.15, -0.1) is 0 Å². The van der Waals surface area contributed by atoms with E-state index in [0.29, 0.717) is 35.0 Å². The second-order valence-corrected chi connectivity index (χ2v) is 9.54. The number of nitrogens with one attached hydrogen (secondary N) is 1. The lowest BCUT2D eigenvalue weighted by Crippen LogP contribution is -2.48. The predicted molar refractivity (Wildman–Crippen MR) is 132 cm³/mol. The van der Waals surface area contributed by atoms with Crippen molar-refractivity contribution in [2.24, 2.45) is 5.73 Å². The van der Waals surface area contributed by atoms with Crippen molar-refractivity contribution in [2.75, 3.05) is 23.3 Å². The van der Waals surface area contributed by atoms with Gasteiger partial charge < -0.3 is 16.0 Å². The van der Waals surface area contributed by atoms with E-state index in [1.54, 1.807) is 23.2 Å². The van der Waals surface area contributed by atoms with Crippen molar-refractivity contribution < 1.29 is 17.6 Å². The van der Waals surface area contributed by atoms with Crippen LogP contribution in [0.3, 0.4) is 0 Å². The van der Waals surface area contributed by atoms with E-state index in [2.05, 4.69) is 25.5 Å². The van der Waals surface area contributed by atoms with Gasteiger partial charge in [0, 0.05) is 60.1 Å². The molecule has 4 aromatic rings. The minimum absolute atomic E-state index is 0.110. The fourth-order valence-corrected chi connectivity index (χ4v) is 4.54. The molecule has 5 rings (SSSR count). The van der Waals surface area contributed by atoms with Crippen molar-refractivity contribution in [1.29, 1.82) is 0 Å². The van der Waals surface area contributed by atoms with Gasteiger partial charge in [-0.25, -0.2) is 19.0 Å². The normalized spacial score (nSPS) is 18.6. The van der Waals surface area contributed by atoms with E-state index in [1.807, 2.05) is 24.6 Å². The molecule has 0 bridgehead atoms. The number of hydrogen-bond acceptors (Lipinski definition) is 7. The molecule has 13 heteroatoms. The summed E-state index contributed by atoms with van der Waals surface area (Å²) in [5, 5.41) is 12.3. The molecule has 37 heavy (non-hydrogen) atoms. The zero-order chi connectivity index (χ0) is 26.3. The van der Waals surface area contributed by atoms with Gasteiger partial charge in [-0.1, -0.05) is 0 Å². The third-order valence-electron chi connectivity index (χ3n) is 6.13. The van der Waals surface area contributed by atoms with Crippen LogP contribution in [0.25, 0.3) is 22.2 Å². The molecule has 1 aliphatic heterocycles. The van der Waals surface area contributed by atoms with Crippen molar-refractivity contribution in [3.8, 4) is 11.1 Å². The molecule has 0 aromatic carbocycles. The molecule has 1 saturated heterocycles. The summed E-state index contributed by atoms with van der Waals surface area (Å²) in [6.45, 7) is 3.32. The van der Waals surface area contributed by atoms with Gasteiger partial charge in [0.05, 0.1) is 18.1 Å². The van der Waals surface area contributed by atoms with E-state index in [1.165, 1.54) is 18.6 Å². The van der Waals surface area contributed by atoms with E-state index in [-0.39, 0.29) is 25.0 Å². The Kier molecular flexibility index (Phi) is 6.48. The Balaban J connectivity index is 1.50. The molecule has 1 fully saturated rings. The Hall–Kier alpha value is -3.74. The van der Waals surface area contributed by atoms with Gasteiger partial charge in [-0.05, 0) is 32.4 Å². The maximum absolute atomic E-state index is 14.4. The molecule has 4 aromatic heterocycles. The Labute approximate surface area is 210 Å². The number of rotatable bonds is 6. The van der Waals surface area contributed by atoms with Crippen LogP contribution >= 0.6 is 0 Å². The van der Waals surface area contributed by atoms with Gasteiger partial charge in [-0.2, -0.15) is 23.4 Å². The first-order valence-corrected chi connectivity index (χ1v) is 11.9. The summed E-state index contributed by atoms with van der Waals surface area (Å²) >= 11 is 0. The lowest BCUT2D eigenvalue weighted by Gasteiger charge is -2.35. The molecule has 9 nitrogen and oxygen atoms in total. The van der Waals surface area contributed by atoms with Crippen LogP contribution < -0.4 is 16.0 Å². The summed E-state index contributed by atoms with van der Waals surface area (Å²) in [5.41, 5.74) is 8.36. The van der Waals surface area contributed by atoms with Crippen LogP contribution in [0.1, 0.15) is 26.3 Å². The van der Waals surface area contributed by atoms with Crippen LogP contribution in [-0.4, -0.2) is 61.0 Å². The van der Waals surface area contributed by atoms with Gasteiger partial charge in [0.1, 0.15) is 24.4 Å². The molecule has 0 amide bonds. The van der Waals surface area contributed by atoms with Crippen LogP contribution in [0.15, 0.2) is 43.0 Å². The van der Waals surface area contributed by atoms with Gasteiger partial charge >= 0.3 is 6.18 Å². The monoisotopic (exact) mass is 517 g/mol. The van der Waals surface area contributed by atoms with E-state index >= 15 is 0 Å². The molecule has 0 aliphatic carbocycles. The Morgan fingerprint density at radius 3 is 2.65 bits per heavy atom. The maximum atomic E-state index is 14.4. The van der Waals surface area contributed by atoms with Crippen LogP contribution in [-0.2, 0) is 6.54 Å². The largest absolute Gasteiger partial charge is 0.408 e. The summed E-state index contributed by atoms with van der Waals surface area (Å²) < 4.78 is 55.7. The Bertz CT molecular complexity index is 1380. The predicted octanol–water partition coefficient (Wildman–Crippen LogP) is 4.45. The number of nitrogens with two attached hydrogens (primary N) is 1. The molecule has 0 spiro atoms. The molecule has 0 saturated carbocycles. The average molecular weight is 518 g/mol. The van der Waals surface area contributed by atoms with Crippen LogP contribution in [0.5, 0.6) is 0 Å². The zero-order valence-electron chi connectivity index (χ0n) is 20.3. The minimum atomic E-state index is -4.40. The number of halogens is 4. The highest BCUT2D eigenvalue weighted by molar-refractivity contribution is 5.81. The number of aromatic nitrogens is 6. The lowest BCUT2D eigenvalue weighted by molar-refractivity contribution is -0.142. The summed E-state index contributed by atoms with van der Waals surface area (Å²) in [7, 11) is 0. The molecule has 196 valence electrons. The van der Waals surface area contributed by atoms with Gasteiger partial charge in [0.15, 0.2) is 5.65 Å². The third kappa shape index (κ3) is 5.50. The number of piperidine rings is 1. The molecule has 3 N–H and O–H groups in total. The first-order valence-electron chi connectivity index (χ1n) is 11.9. The van der Waals surface area contributed by atoms with E-state index in [9.17, 15) is 17.6 Å². The van der Waals surface area contributed by atoms with Crippen molar-refractivity contribution in [2.45, 2.75) is 51.2 Å². The van der Waals surface area contributed by atoms with Gasteiger partial charge in [0.25, 0.3) is 0 Å². The van der Waals surface area contributed by atoms with Crippen molar-refractivity contribution in [3.63, 3.8) is 0 Å². The van der Waals surface area contributed by atoms with Crippen LogP contribution in [0.2, 0.25) is 0 Å². The first-order chi connectivity index (χ1) is 17.6. The quantitative estimate of drug-likeness (QED) is 0.364. The summed E-state index contributed by atoms with van der Waals surface area (Å²) in [6.07, 6.45) is 0.658. The molecule has 0 unspecified atom stereocenters. The summed E-state index contributed by atoms with van der Waals surface area (Å²) in [4.78, 5) is 10.9. The van der Waals surface area contributed by atoms with Gasteiger partial charge in [0.2, 0.25) is 0 Å². The Morgan fingerprint density at radius 1 is 1.11 bits per heavy atom. The van der Waals surface area contributed by atoms with Crippen LogP contribution in [0, 0.1) is 0 Å². The molecule has 1 aliphatic rings. The number of alkyl halides is 4. The highest BCUT2D eigenvalue weighted by Gasteiger charge is 2.30. The second kappa shape index (κ2) is 9.61. The fourth-order valence-electron chi connectivity index (χ4n) is 4.54. The maximum Gasteiger partial charge on any atom is 0.408 e. The third-order valence-corrected chi connectivity index (χ3v) is 6.13. The molecule has 5 heterocycles. The highest BCUT2D eigenvalue weighted by Crippen LogP contribution is 2.35. The standard InChI is InChI=1S/C24H27F4N9/c1-14(2)37-23-15(7-32-37)3-4-21(34-23)33-22-6-20(35-11-17(25)5-18(29)12-35)19(9-30-22)16-8-31-36(10-16)13-24(26,27)28/h3-4,6-10,14,17-18H,5,11-13,29H2,1-2H3,(H,30,33,34)/t17-,18-/m0/s1. The van der Waals surface area contributed by atoms with E-state index < -0.39 is 18.9 Å². The minimum Gasteiger partial charge on any atom is -0.366 e. The smallest absolute Gasteiger partial charge is 0.366 e. The SMILES string of the molecule is CC(C)n1ncc2ccc(Nc3cc(N4C[C@@H](N)C[C@H](F)C4)c(-c4cnn(CC(F)(F)F)c4)cn3)nc21. The molecule has 0 radical (unpaired) electrons. The average Bonchev–Trinajstić information content (AvgIpc) is 3.44. The Morgan fingerprint density at radius 2 is 1.92 bits per heavy atom. The second-order valence-electron chi connectivity index (χ2n) is 9.54. The number of anilines is 3. The molecule has 2 atom stereocenters.